The summed E-state index contributed by atoms with van der Waals surface area (Å²) in [7, 11) is 0. The van der Waals surface area contributed by atoms with Crippen LogP contribution in [0.5, 0.6) is 11.5 Å². The number of carbonyl (C=O) groups excluding carboxylic acids is 2. The fourth-order valence-electron chi connectivity index (χ4n) is 3.48. The number of rotatable bonds is 6. The number of nitriles is 1. The van der Waals surface area contributed by atoms with Crippen LogP contribution >= 0.6 is 11.8 Å². The van der Waals surface area contributed by atoms with E-state index in [4.69, 9.17) is 10.00 Å². The number of nitrogens with zero attached hydrogens (tertiary/aromatic N) is 4. The van der Waals surface area contributed by atoms with Crippen LogP contribution in [0.2, 0.25) is 0 Å². The molecule has 1 fully saturated rings. The molecule has 0 unspecified atom stereocenters. The van der Waals surface area contributed by atoms with Crippen molar-refractivity contribution in [1.29, 1.82) is 5.26 Å². The van der Waals surface area contributed by atoms with Crippen LogP contribution in [0.4, 0.5) is 5.69 Å². The van der Waals surface area contributed by atoms with Gasteiger partial charge in [0.05, 0.1) is 29.5 Å². The van der Waals surface area contributed by atoms with E-state index in [9.17, 15) is 9.59 Å². The summed E-state index contributed by atoms with van der Waals surface area (Å²) in [6.07, 6.45) is 5.19. The van der Waals surface area contributed by atoms with E-state index in [0.717, 1.165) is 5.56 Å². The summed E-state index contributed by atoms with van der Waals surface area (Å²) < 4.78 is 7.70. The average Bonchev–Trinajstić information content (AvgIpc) is 3.06. The second-order valence-electron chi connectivity index (χ2n) is 7.30. The number of anilines is 1. The zero-order valence-electron chi connectivity index (χ0n) is 17.2. The smallest absolute Gasteiger partial charge is 0.255 e. The predicted octanol–water partition coefficient (Wildman–Crippen LogP) is 3.33. The molecule has 31 heavy (non-hydrogen) atoms. The van der Waals surface area contributed by atoms with Gasteiger partial charge in [-0.2, -0.15) is 22.1 Å². The number of fused-ring (bicyclic) bond motifs is 1. The summed E-state index contributed by atoms with van der Waals surface area (Å²) in [5.74, 6) is 1.32. The summed E-state index contributed by atoms with van der Waals surface area (Å²) in [6.45, 7) is 2.78. The van der Waals surface area contributed by atoms with E-state index in [1.165, 1.54) is 11.8 Å². The van der Waals surface area contributed by atoms with Crippen molar-refractivity contribution in [2.45, 2.75) is 6.92 Å². The highest BCUT2D eigenvalue weighted by Gasteiger charge is 2.32. The Bertz CT molecular complexity index is 1180. The number of aryl methyl sites for hydroxylation is 1. The molecule has 4 rings (SSSR count). The van der Waals surface area contributed by atoms with Gasteiger partial charge in [-0.05, 0) is 43.0 Å². The predicted molar refractivity (Wildman–Crippen MR) is 118 cm³/mol. The van der Waals surface area contributed by atoms with Crippen molar-refractivity contribution in [3.63, 3.8) is 0 Å². The van der Waals surface area contributed by atoms with E-state index in [1.54, 1.807) is 52.1 Å². The second kappa shape index (κ2) is 8.70. The first kappa shape index (κ1) is 20.8. The van der Waals surface area contributed by atoms with Crippen molar-refractivity contribution in [3.05, 3.63) is 53.9 Å². The number of likely N-dealkylation sites (tertiary alicyclic amines) is 1. The van der Waals surface area contributed by atoms with Crippen LogP contribution in [-0.4, -0.2) is 51.4 Å². The van der Waals surface area contributed by atoms with Gasteiger partial charge in [0, 0.05) is 31.0 Å². The molecule has 1 aromatic carbocycles. The molecule has 1 aliphatic heterocycles. The van der Waals surface area contributed by atoms with Gasteiger partial charge in [0.25, 0.3) is 5.91 Å². The first-order valence-corrected chi connectivity index (χ1v) is 11.1. The van der Waals surface area contributed by atoms with E-state index in [1.807, 2.05) is 13.2 Å². The molecular formula is C22H21N5O3S. The van der Waals surface area contributed by atoms with Gasteiger partial charge in [-0.1, -0.05) is 0 Å². The molecule has 8 nitrogen and oxygen atoms in total. The van der Waals surface area contributed by atoms with E-state index < -0.39 is 0 Å². The first-order chi connectivity index (χ1) is 15.0. The van der Waals surface area contributed by atoms with Crippen molar-refractivity contribution in [3.8, 4) is 17.6 Å². The molecule has 158 valence electrons. The first-order valence-electron chi connectivity index (χ1n) is 9.72. The third-order valence-electron chi connectivity index (χ3n) is 5.11. The maximum atomic E-state index is 12.8. The standard InChI is InChI=1S/C22H21N5O3S/c1-14-18(22(29)26-10-15(9-23)11-26)12-27-21(14)19(7-8-24-27)30-17-5-3-16(4-6-17)25-20(28)13-31-2/h3-8,12,15H,10-11,13H2,1-2H3,(H,25,28). The lowest BCUT2D eigenvalue weighted by Gasteiger charge is -2.35. The lowest BCUT2D eigenvalue weighted by atomic mass is 10.0. The molecule has 0 aliphatic carbocycles. The summed E-state index contributed by atoms with van der Waals surface area (Å²) in [5, 5.41) is 16.1. The zero-order chi connectivity index (χ0) is 22.0. The summed E-state index contributed by atoms with van der Waals surface area (Å²) in [4.78, 5) is 26.2. The third-order valence-corrected chi connectivity index (χ3v) is 5.66. The van der Waals surface area contributed by atoms with Crippen molar-refractivity contribution in [2.75, 3.05) is 30.4 Å². The van der Waals surface area contributed by atoms with Crippen LogP contribution in [0.1, 0.15) is 15.9 Å². The highest BCUT2D eigenvalue weighted by Crippen LogP contribution is 2.32. The number of nitrogens with one attached hydrogen (secondary N) is 1. The number of carbonyl (C=O) groups is 2. The molecule has 3 aromatic rings. The fourth-order valence-corrected chi connectivity index (χ4v) is 3.81. The third kappa shape index (κ3) is 4.20. The quantitative estimate of drug-likeness (QED) is 0.638. The number of benzene rings is 1. The number of amides is 2. The number of ether oxygens (including phenoxy) is 1. The Morgan fingerprint density at radius 3 is 2.71 bits per heavy atom. The normalized spacial score (nSPS) is 13.5. The topological polar surface area (TPSA) is 99.7 Å². The molecule has 0 radical (unpaired) electrons. The SMILES string of the molecule is CSCC(=O)Nc1ccc(Oc2ccnn3cc(C(=O)N4CC(C#N)C4)c(C)c23)cc1. The highest BCUT2D eigenvalue weighted by atomic mass is 32.2. The van der Waals surface area contributed by atoms with Crippen molar-refractivity contribution in [1.82, 2.24) is 14.5 Å². The van der Waals surface area contributed by atoms with Crippen molar-refractivity contribution >= 4 is 34.8 Å². The van der Waals surface area contributed by atoms with Gasteiger partial charge in [0.15, 0.2) is 5.75 Å². The molecule has 2 aromatic heterocycles. The largest absolute Gasteiger partial charge is 0.455 e. The Labute approximate surface area is 183 Å². The molecule has 1 saturated heterocycles. The number of hydrogen-bond donors (Lipinski definition) is 1. The van der Waals surface area contributed by atoms with Gasteiger partial charge < -0.3 is 15.0 Å². The molecule has 1 N–H and O–H groups in total. The van der Waals surface area contributed by atoms with Gasteiger partial charge in [-0.25, -0.2) is 4.52 Å². The van der Waals surface area contributed by atoms with Crippen LogP contribution in [0.15, 0.2) is 42.7 Å². The van der Waals surface area contributed by atoms with Crippen LogP contribution in [0.25, 0.3) is 5.52 Å². The van der Waals surface area contributed by atoms with Crippen LogP contribution in [0.3, 0.4) is 0 Å². The Balaban J connectivity index is 1.55. The monoisotopic (exact) mass is 435 g/mol. The fraction of sp³-hybridized carbons (Fsp3) is 0.273. The van der Waals surface area contributed by atoms with Gasteiger partial charge in [0.1, 0.15) is 11.3 Å². The van der Waals surface area contributed by atoms with Crippen molar-refractivity contribution < 1.29 is 14.3 Å². The van der Waals surface area contributed by atoms with Gasteiger partial charge in [0.2, 0.25) is 5.91 Å². The van der Waals surface area contributed by atoms with Gasteiger partial charge in [-0.15, -0.1) is 0 Å². The number of hydrogen-bond acceptors (Lipinski definition) is 6. The Kier molecular flexibility index (Phi) is 5.82. The highest BCUT2D eigenvalue weighted by molar-refractivity contribution is 7.99. The van der Waals surface area contributed by atoms with Gasteiger partial charge in [-0.3, -0.25) is 9.59 Å². The molecular weight excluding hydrogens is 414 g/mol. The Hall–Kier alpha value is -3.51. The Morgan fingerprint density at radius 2 is 2.03 bits per heavy atom. The minimum Gasteiger partial charge on any atom is -0.455 e. The van der Waals surface area contributed by atoms with E-state index in [2.05, 4.69) is 16.5 Å². The van der Waals surface area contributed by atoms with E-state index in [0.29, 0.717) is 47.1 Å². The summed E-state index contributed by atoms with van der Waals surface area (Å²) in [6, 6.07) is 11.0. The number of aromatic nitrogens is 2. The molecule has 2 amide bonds. The second-order valence-corrected chi connectivity index (χ2v) is 8.17. The molecule has 1 aliphatic rings. The van der Waals surface area contributed by atoms with Crippen LogP contribution in [0, 0.1) is 24.2 Å². The maximum absolute atomic E-state index is 12.8. The van der Waals surface area contributed by atoms with E-state index >= 15 is 0 Å². The van der Waals surface area contributed by atoms with Crippen LogP contribution < -0.4 is 10.1 Å². The van der Waals surface area contributed by atoms with Gasteiger partial charge >= 0.3 is 0 Å². The molecule has 9 heteroatoms. The molecule has 0 atom stereocenters. The van der Waals surface area contributed by atoms with Crippen molar-refractivity contribution in [2.24, 2.45) is 5.92 Å². The lowest BCUT2D eigenvalue weighted by Crippen LogP contribution is -2.49. The zero-order valence-corrected chi connectivity index (χ0v) is 18.0. The minimum absolute atomic E-state index is 0.0543. The van der Waals surface area contributed by atoms with Crippen LogP contribution in [-0.2, 0) is 4.79 Å². The summed E-state index contributed by atoms with van der Waals surface area (Å²) in [5.41, 5.74) is 2.73. The van der Waals surface area contributed by atoms with E-state index in [-0.39, 0.29) is 17.7 Å². The summed E-state index contributed by atoms with van der Waals surface area (Å²) >= 11 is 1.46. The Morgan fingerprint density at radius 1 is 1.29 bits per heavy atom. The lowest BCUT2D eigenvalue weighted by molar-refractivity contribution is -0.113. The minimum atomic E-state index is -0.106. The molecule has 0 bridgehead atoms. The number of thioether (sulfide) groups is 1. The molecule has 3 heterocycles. The average molecular weight is 436 g/mol. The maximum Gasteiger partial charge on any atom is 0.255 e. The molecule has 0 spiro atoms. The molecule has 0 saturated carbocycles.